The monoisotopic (exact) mass is 252 g/mol. The summed E-state index contributed by atoms with van der Waals surface area (Å²) in [6.45, 7) is 10.5. The van der Waals surface area contributed by atoms with Crippen molar-refractivity contribution in [3.8, 4) is 5.75 Å². The van der Waals surface area contributed by atoms with Crippen LogP contribution in [0.5, 0.6) is 5.75 Å². The van der Waals surface area contributed by atoms with Gasteiger partial charge in [0.05, 0.1) is 0 Å². The van der Waals surface area contributed by atoms with E-state index in [4.69, 9.17) is 4.74 Å². The lowest BCUT2D eigenvalue weighted by Gasteiger charge is -2.07. The van der Waals surface area contributed by atoms with E-state index in [1.165, 1.54) is 5.56 Å². The van der Waals surface area contributed by atoms with E-state index in [-0.39, 0.29) is 0 Å². The van der Waals surface area contributed by atoms with Crippen LogP contribution in [-0.2, 0) is 0 Å². The molecule has 0 spiro atoms. The highest BCUT2D eigenvalue weighted by atomic mass is 32.2. The Morgan fingerprint density at radius 2 is 1.71 bits per heavy atom. The third-order valence-electron chi connectivity index (χ3n) is 2.52. The molecule has 1 aromatic rings. The lowest BCUT2D eigenvalue weighted by molar-refractivity contribution is -0.524. The summed E-state index contributed by atoms with van der Waals surface area (Å²) in [5.74, 6) is 1.94. The summed E-state index contributed by atoms with van der Waals surface area (Å²) >= 11 is 1.75. The van der Waals surface area contributed by atoms with Gasteiger partial charge in [0.25, 0.3) is 0 Å². The van der Waals surface area contributed by atoms with Crippen molar-refractivity contribution < 1.29 is 9.31 Å². The summed E-state index contributed by atoms with van der Waals surface area (Å²) in [5.41, 5.74) is 1.25. The summed E-state index contributed by atoms with van der Waals surface area (Å²) in [6, 6.07) is 8.20. The van der Waals surface area contributed by atoms with Crippen LogP contribution in [0, 0.1) is 6.92 Å². The van der Waals surface area contributed by atoms with Gasteiger partial charge in [0.1, 0.15) is 18.8 Å². The number of hydrogen-bond donors (Lipinski definition) is 0. The van der Waals surface area contributed by atoms with E-state index < -0.39 is 0 Å². The van der Waals surface area contributed by atoms with Crippen LogP contribution in [0.4, 0.5) is 0 Å². The van der Waals surface area contributed by atoms with Crippen molar-refractivity contribution in [2.45, 2.75) is 27.7 Å². The normalized spacial score (nSPS) is 10.1. The largest absolute Gasteiger partial charge is 0.405 e. The van der Waals surface area contributed by atoms with Crippen LogP contribution in [0.1, 0.15) is 26.3 Å². The van der Waals surface area contributed by atoms with Gasteiger partial charge in [0.2, 0.25) is 0 Å². The van der Waals surface area contributed by atoms with E-state index in [9.17, 15) is 0 Å². The van der Waals surface area contributed by atoms with E-state index in [0.717, 1.165) is 29.8 Å². The minimum atomic E-state index is 0.915. The summed E-state index contributed by atoms with van der Waals surface area (Å²) in [4.78, 5) is 0. The van der Waals surface area contributed by atoms with Gasteiger partial charge in [0, 0.05) is 5.75 Å². The molecule has 1 aromatic carbocycles. The van der Waals surface area contributed by atoms with Crippen LogP contribution >= 0.6 is 11.8 Å². The van der Waals surface area contributed by atoms with Gasteiger partial charge < -0.3 is 4.74 Å². The minimum Gasteiger partial charge on any atom is -0.400 e. The average molecular weight is 252 g/mol. The first-order valence-corrected chi connectivity index (χ1v) is 7.19. The molecule has 0 aliphatic heterocycles. The maximum absolute atomic E-state index is 5.96. The molecule has 0 aromatic heterocycles. The smallest absolute Gasteiger partial charge is 0.400 e. The Morgan fingerprint density at radius 1 is 1.12 bits per heavy atom. The molecule has 0 saturated carbocycles. The molecule has 0 fully saturated rings. The molecule has 0 saturated heterocycles. The van der Waals surface area contributed by atoms with Gasteiger partial charge in [-0.2, -0.15) is 4.58 Å². The Morgan fingerprint density at radius 3 is 2.18 bits per heavy atom. The van der Waals surface area contributed by atoms with Crippen LogP contribution in [0.2, 0.25) is 0 Å². The van der Waals surface area contributed by atoms with Crippen molar-refractivity contribution in [1.82, 2.24) is 0 Å². The molecule has 0 aliphatic rings. The minimum absolute atomic E-state index is 0.915. The third-order valence-corrected chi connectivity index (χ3v) is 3.39. The van der Waals surface area contributed by atoms with Gasteiger partial charge >= 0.3 is 5.23 Å². The van der Waals surface area contributed by atoms with Crippen molar-refractivity contribution >= 4 is 17.0 Å². The SMILES string of the molecule is CCSC(Oc1ccc(C)cc1)=[N+](CC)CC. The van der Waals surface area contributed by atoms with Gasteiger partial charge in [-0.25, -0.2) is 0 Å². The first kappa shape index (κ1) is 14.1. The van der Waals surface area contributed by atoms with Crippen LogP contribution in [0.3, 0.4) is 0 Å². The molecule has 0 radical (unpaired) electrons. The highest BCUT2D eigenvalue weighted by molar-refractivity contribution is 8.13. The molecule has 94 valence electrons. The van der Waals surface area contributed by atoms with Crippen molar-refractivity contribution in [3.05, 3.63) is 29.8 Å². The van der Waals surface area contributed by atoms with Gasteiger partial charge in [0.15, 0.2) is 0 Å². The fourth-order valence-electron chi connectivity index (χ4n) is 1.50. The molecule has 1 rings (SSSR count). The Balaban J connectivity index is 2.86. The molecule has 0 N–H and O–H groups in total. The zero-order valence-corrected chi connectivity index (χ0v) is 12.0. The highest BCUT2D eigenvalue weighted by Gasteiger charge is 2.14. The summed E-state index contributed by atoms with van der Waals surface area (Å²) < 4.78 is 8.20. The number of aryl methyl sites for hydroxylation is 1. The lowest BCUT2D eigenvalue weighted by Crippen LogP contribution is -2.23. The second-order valence-electron chi connectivity index (χ2n) is 3.79. The Kier molecular flexibility index (Phi) is 6.12. The lowest BCUT2D eigenvalue weighted by atomic mass is 10.2. The first-order chi connectivity index (χ1) is 8.21. The van der Waals surface area contributed by atoms with E-state index in [1.807, 2.05) is 12.1 Å². The number of rotatable bonds is 4. The van der Waals surface area contributed by atoms with Gasteiger partial charge in [-0.05, 0) is 44.7 Å². The summed E-state index contributed by atoms with van der Waals surface area (Å²) in [5, 5.41) is 1.00. The molecule has 17 heavy (non-hydrogen) atoms. The Labute approximate surface area is 109 Å². The molecule has 0 amide bonds. The molecule has 0 bridgehead atoms. The number of benzene rings is 1. The number of thioether (sulfide) groups is 1. The molecule has 0 atom stereocenters. The predicted molar refractivity (Wildman–Crippen MR) is 76.3 cm³/mol. The molecule has 2 nitrogen and oxygen atoms in total. The number of hydrogen-bond acceptors (Lipinski definition) is 2. The maximum atomic E-state index is 5.96. The summed E-state index contributed by atoms with van der Waals surface area (Å²) in [6.07, 6.45) is 0. The van der Waals surface area contributed by atoms with Crippen LogP contribution in [-0.4, -0.2) is 28.6 Å². The molecule has 0 aliphatic carbocycles. The maximum Gasteiger partial charge on any atom is 0.405 e. The van der Waals surface area contributed by atoms with Gasteiger partial charge in [-0.15, -0.1) is 0 Å². The van der Waals surface area contributed by atoms with E-state index >= 15 is 0 Å². The molecule has 0 heterocycles. The molecular formula is C14H22NOS+. The topological polar surface area (TPSA) is 12.2 Å². The third kappa shape index (κ3) is 4.43. The van der Waals surface area contributed by atoms with Crippen LogP contribution in [0.25, 0.3) is 0 Å². The van der Waals surface area contributed by atoms with E-state index in [1.54, 1.807) is 11.8 Å². The Hall–Kier alpha value is -0.960. The summed E-state index contributed by atoms with van der Waals surface area (Å²) in [7, 11) is 0. The number of nitrogens with zero attached hydrogens (tertiary/aromatic N) is 1. The van der Waals surface area contributed by atoms with E-state index in [0.29, 0.717) is 0 Å². The molecule has 0 unspecified atom stereocenters. The second-order valence-corrected chi connectivity index (χ2v) is 5.00. The zero-order valence-electron chi connectivity index (χ0n) is 11.2. The molecular weight excluding hydrogens is 230 g/mol. The fraction of sp³-hybridized carbons (Fsp3) is 0.500. The zero-order chi connectivity index (χ0) is 12.7. The second kappa shape index (κ2) is 7.38. The Bertz CT molecular complexity index is 364. The van der Waals surface area contributed by atoms with Crippen LogP contribution < -0.4 is 4.74 Å². The van der Waals surface area contributed by atoms with Gasteiger partial charge in [-0.1, -0.05) is 24.6 Å². The standard InChI is InChI=1S/C14H22NOS/c1-5-15(6-2)14(17-7-3)16-13-10-8-12(4)9-11-13/h8-11H,5-7H2,1-4H3/q+1. The van der Waals surface area contributed by atoms with Crippen molar-refractivity contribution in [1.29, 1.82) is 0 Å². The molecule has 3 heteroatoms. The first-order valence-electron chi connectivity index (χ1n) is 6.20. The van der Waals surface area contributed by atoms with Crippen LogP contribution in [0.15, 0.2) is 24.3 Å². The quantitative estimate of drug-likeness (QED) is 0.461. The number of ether oxygens (including phenoxy) is 1. The fourth-order valence-corrected chi connectivity index (χ4v) is 2.34. The average Bonchev–Trinajstić information content (AvgIpc) is 2.34. The highest BCUT2D eigenvalue weighted by Crippen LogP contribution is 2.15. The van der Waals surface area contributed by atoms with E-state index in [2.05, 4.69) is 44.4 Å². The van der Waals surface area contributed by atoms with Crippen molar-refractivity contribution in [3.63, 3.8) is 0 Å². The predicted octanol–water partition coefficient (Wildman–Crippen LogP) is 3.54. The van der Waals surface area contributed by atoms with Crippen molar-refractivity contribution in [2.24, 2.45) is 0 Å². The van der Waals surface area contributed by atoms with Gasteiger partial charge in [-0.3, -0.25) is 0 Å². The van der Waals surface area contributed by atoms with Crippen molar-refractivity contribution in [2.75, 3.05) is 18.8 Å².